The van der Waals surface area contributed by atoms with Crippen LogP contribution in [0.1, 0.15) is 24.4 Å². The third-order valence-corrected chi connectivity index (χ3v) is 3.68. The summed E-state index contributed by atoms with van der Waals surface area (Å²) < 4.78 is 0. The summed E-state index contributed by atoms with van der Waals surface area (Å²) in [6.07, 6.45) is 2.88. The molecule has 0 radical (unpaired) electrons. The van der Waals surface area contributed by atoms with Gasteiger partial charge in [-0.15, -0.1) is 0 Å². The minimum atomic E-state index is -0.471. The van der Waals surface area contributed by atoms with Crippen LogP contribution in [0.3, 0.4) is 0 Å². The van der Waals surface area contributed by atoms with Crippen LogP contribution in [0.2, 0.25) is 0 Å². The summed E-state index contributed by atoms with van der Waals surface area (Å²) in [4.78, 5) is 30.0. The van der Waals surface area contributed by atoms with E-state index in [1.807, 2.05) is 31.2 Å². The van der Waals surface area contributed by atoms with Gasteiger partial charge in [-0.25, -0.2) is 4.98 Å². The van der Waals surface area contributed by atoms with Gasteiger partial charge in [-0.05, 0) is 30.7 Å². The number of rotatable bonds is 5. The highest BCUT2D eigenvalue weighted by atomic mass is 16.6. The van der Waals surface area contributed by atoms with Crippen LogP contribution >= 0.6 is 0 Å². The van der Waals surface area contributed by atoms with Gasteiger partial charge in [-0.1, -0.05) is 24.3 Å². The molecular weight excluding hydrogens is 320 g/mol. The van der Waals surface area contributed by atoms with Crippen molar-refractivity contribution in [2.45, 2.75) is 13.0 Å². The van der Waals surface area contributed by atoms with Crippen LogP contribution < -0.4 is 5.32 Å². The molecule has 25 heavy (non-hydrogen) atoms. The minimum Gasteiger partial charge on any atom is -0.343 e. The highest BCUT2D eigenvalue weighted by molar-refractivity contribution is 5.92. The number of H-pyrrole nitrogens is 1. The van der Waals surface area contributed by atoms with Crippen molar-refractivity contribution in [1.82, 2.24) is 15.3 Å². The lowest BCUT2D eigenvalue weighted by Crippen LogP contribution is -2.25. The lowest BCUT2D eigenvalue weighted by molar-refractivity contribution is -0.384. The lowest BCUT2D eigenvalue weighted by atomic mass is 10.2. The molecule has 0 aliphatic rings. The molecule has 0 fully saturated rings. The Morgan fingerprint density at radius 1 is 1.28 bits per heavy atom. The van der Waals surface area contributed by atoms with E-state index in [9.17, 15) is 14.9 Å². The molecule has 3 rings (SSSR count). The number of nitrogens with one attached hydrogen (secondary N) is 2. The number of nitro benzene ring substituents is 1. The monoisotopic (exact) mass is 336 g/mol. The number of hydrogen-bond acceptors (Lipinski definition) is 4. The quantitative estimate of drug-likeness (QED) is 0.424. The van der Waals surface area contributed by atoms with E-state index in [4.69, 9.17) is 0 Å². The number of nitrogens with zero attached hydrogens (tertiary/aromatic N) is 2. The van der Waals surface area contributed by atoms with Crippen molar-refractivity contribution in [3.8, 4) is 0 Å². The highest BCUT2D eigenvalue weighted by Gasteiger charge is 2.12. The van der Waals surface area contributed by atoms with Crippen molar-refractivity contribution in [1.29, 1.82) is 0 Å². The van der Waals surface area contributed by atoms with Gasteiger partial charge in [0.05, 0.1) is 22.0 Å². The van der Waals surface area contributed by atoms with E-state index in [-0.39, 0.29) is 17.6 Å². The van der Waals surface area contributed by atoms with E-state index in [1.54, 1.807) is 12.1 Å². The SMILES string of the molecule is CC(NC(=O)C=Cc1cccc([N+](=O)[O-])c1)c1nc2ccccc2[nH]1. The summed E-state index contributed by atoms with van der Waals surface area (Å²) in [6, 6.07) is 13.4. The molecule has 7 nitrogen and oxygen atoms in total. The highest BCUT2D eigenvalue weighted by Crippen LogP contribution is 2.16. The Kier molecular flexibility index (Phi) is 4.56. The number of para-hydroxylation sites is 2. The van der Waals surface area contributed by atoms with E-state index >= 15 is 0 Å². The molecule has 1 aromatic heterocycles. The van der Waals surface area contributed by atoms with Crippen molar-refractivity contribution in [2.24, 2.45) is 0 Å². The van der Waals surface area contributed by atoms with Crippen molar-refractivity contribution in [3.63, 3.8) is 0 Å². The molecule has 3 aromatic rings. The van der Waals surface area contributed by atoms with Gasteiger partial charge in [-0.2, -0.15) is 0 Å². The third-order valence-electron chi connectivity index (χ3n) is 3.68. The fourth-order valence-electron chi connectivity index (χ4n) is 2.42. The van der Waals surface area contributed by atoms with Gasteiger partial charge in [-0.3, -0.25) is 14.9 Å². The third kappa shape index (κ3) is 3.89. The number of aromatic amines is 1. The summed E-state index contributed by atoms with van der Waals surface area (Å²) in [5.74, 6) is 0.359. The van der Waals surface area contributed by atoms with Crippen molar-refractivity contribution in [2.75, 3.05) is 0 Å². The largest absolute Gasteiger partial charge is 0.343 e. The Balaban J connectivity index is 1.67. The van der Waals surface area contributed by atoms with Crippen molar-refractivity contribution < 1.29 is 9.72 Å². The summed E-state index contributed by atoms with van der Waals surface area (Å²) in [6.45, 7) is 1.83. The average Bonchev–Trinajstić information content (AvgIpc) is 3.04. The van der Waals surface area contributed by atoms with Crippen LogP contribution in [0.15, 0.2) is 54.6 Å². The summed E-state index contributed by atoms with van der Waals surface area (Å²) >= 11 is 0. The van der Waals surface area contributed by atoms with Crippen LogP contribution in [0.5, 0.6) is 0 Å². The molecule has 1 atom stereocenters. The molecular formula is C18H16N4O3. The zero-order chi connectivity index (χ0) is 17.8. The predicted octanol–water partition coefficient (Wildman–Crippen LogP) is 3.36. The molecule has 1 amide bonds. The van der Waals surface area contributed by atoms with Crippen LogP contribution in [0, 0.1) is 10.1 Å². The Hall–Kier alpha value is -3.48. The molecule has 7 heteroatoms. The maximum Gasteiger partial charge on any atom is 0.270 e. The lowest BCUT2D eigenvalue weighted by Gasteiger charge is -2.09. The van der Waals surface area contributed by atoms with Crippen molar-refractivity contribution in [3.05, 3.63) is 76.1 Å². The molecule has 1 unspecified atom stereocenters. The molecule has 0 bridgehead atoms. The molecule has 0 spiro atoms. The fourth-order valence-corrected chi connectivity index (χ4v) is 2.42. The van der Waals surface area contributed by atoms with Gasteiger partial charge in [0.1, 0.15) is 5.82 Å². The van der Waals surface area contributed by atoms with Gasteiger partial charge in [0.2, 0.25) is 5.91 Å². The zero-order valence-corrected chi connectivity index (χ0v) is 13.5. The zero-order valence-electron chi connectivity index (χ0n) is 13.5. The van der Waals surface area contributed by atoms with Crippen molar-refractivity contribution >= 4 is 28.7 Å². The van der Waals surface area contributed by atoms with Crippen LogP contribution in [-0.2, 0) is 4.79 Å². The maximum absolute atomic E-state index is 12.1. The predicted molar refractivity (Wildman–Crippen MR) is 94.8 cm³/mol. The molecule has 0 saturated carbocycles. The molecule has 0 aliphatic carbocycles. The van der Waals surface area contributed by atoms with Gasteiger partial charge < -0.3 is 10.3 Å². The second-order valence-corrected chi connectivity index (χ2v) is 5.55. The topological polar surface area (TPSA) is 101 Å². The second-order valence-electron chi connectivity index (χ2n) is 5.55. The van der Waals surface area contributed by atoms with E-state index in [0.29, 0.717) is 11.4 Å². The van der Waals surface area contributed by atoms with Crippen LogP contribution in [-0.4, -0.2) is 20.8 Å². The normalized spacial score (nSPS) is 12.4. The number of non-ortho nitro benzene ring substituents is 1. The van der Waals surface area contributed by atoms with Gasteiger partial charge in [0, 0.05) is 18.2 Å². The van der Waals surface area contributed by atoms with E-state index in [0.717, 1.165) is 11.0 Å². The smallest absolute Gasteiger partial charge is 0.270 e. The minimum absolute atomic E-state index is 0.0156. The van der Waals surface area contributed by atoms with Gasteiger partial charge >= 0.3 is 0 Å². The number of nitro groups is 1. The number of carbonyl (C=O) groups excluding carboxylic acids is 1. The van der Waals surface area contributed by atoms with Gasteiger partial charge in [0.15, 0.2) is 0 Å². The van der Waals surface area contributed by atoms with Crippen LogP contribution in [0.25, 0.3) is 17.1 Å². The number of imidazole rings is 1. The maximum atomic E-state index is 12.1. The molecule has 1 heterocycles. The molecule has 2 N–H and O–H groups in total. The van der Waals surface area contributed by atoms with Crippen LogP contribution in [0.4, 0.5) is 5.69 Å². The fraction of sp³-hybridized carbons (Fsp3) is 0.111. The number of fused-ring (bicyclic) bond motifs is 1. The summed E-state index contributed by atoms with van der Waals surface area (Å²) in [5, 5.41) is 13.6. The number of carbonyl (C=O) groups is 1. The summed E-state index contributed by atoms with van der Waals surface area (Å²) in [7, 11) is 0. The van der Waals surface area contributed by atoms with Gasteiger partial charge in [0.25, 0.3) is 5.69 Å². The second kappa shape index (κ2) is 6.96. The first-order chi connectivity index (χ1) is 12.0. The van der Waals surface area contributed by atoms with E-state index in [2.05, 4.69) is 15.3 Å². The molecule has 0 saturated heterocycles. The number of benzene rings is 2. The van der Waals surface area contributed by atoms with E-state index < -0.39 is 4.92 Å². The Morgan fingerprint density at radius 3 is 2.84 bits per heavy atom. The first kappa shape index (κ1) is 16.4. The Morgan fingerprint density at radius 2 is 2.08 bits per heavy atom. The molecule has 126 valence electrons. The number of amides is 1. The standard InChI is InChI=1S/C18H16N4O3/c1-12(18-20-15-7-2-3-8-16(15)21-18)19-17(23)10-9-13-5-4-6-14(11-13)22(24)25/h2-12H,1H3,(H,19,23)(H,20,21). The Bertz CT molecular complexity index is 929. The Labute approximate surface area is 143 Å². The molecule has 2 aromatic carbocycles. The average molecular weight is 336 g/mol. The number of aromatic nitrogens is 2. The first-order valence-electron chi connectivity index (χ1n) is 7.70. The summed E-state index contributed by atoms with van der Waals surface area (Å²) in [5.41, 5.74) is 2.32. The first-order valence-corrected chi connectivity index (χ1v) is 7.70. The van der Waals surface area contributed by atoms with E-state index in [1.165, 1.54) is 24.3 Å². The molecule has 0 aliphatic heterocycles. The number of hydrogen-bond donors (Lipinski definition) is 2.